The number of pyridine rings is 1. The van der Waals surface area contributed by atoms with Crippen molar-refractivity contribution >= 4 is 17.2 Å². The number of amides is 1. The molecule has 0 atom stereocenters. The molecule has 1 amide bonds. The summed E-state index contributed by atoms with van der Waals surface area (Å²) in [6, 6.07) is 11.9. The van der Waals surface area contributed by atoms with Gasteiger partial charge in [0.15, 0.2) is 0 Å². The van der Waals surface area contributed by atoms with Crippen molar-refractivity contribution < 1.29 is 4.79 Å². The van der Waals surface area contributed by atoms with Gasteiger partial charge in [-0.1, -0.05) is 25.1 Å². The van der Waals surface area contributed by atoms with E-state index in [1.807, 2.05) is 54.0 Å². The molecule has 2 aromatic heterocycles. The Morgan fingerprint density at radius 1 is 1.23 bits per heavy atom. The van der Waals surface area contributed by atoms with Crippen molar-refractivity contribution in [3.05, 3.63) is 54.4 Å². The first kappa shape index (κ1) is 14.3. The number of imidazole rings is 1. The zero-order chi connectivity index (χ0) is 15.5. The lowest BCUT2D eigenvalue weighted by Gasteiger charge is -2.04. The molecule has 0 aliphatic heterocycles. The number of nitrogens with zero attached hydrogens (tertiary/aromatic N) is 2. The average Bonchev–Trinajstić information content (AvgIpc) is 2.94. The van der Waals surface area contributed by atoms with Gasteiger partial charge in [-0.15, -0.1) is 0 Å². The molecule has 0 fully saturated rings. The molecule has 0 bridgehead atoms. The Bertz CT molecular complexity index is 803. The van der Waals surface area contributed by atoms with E-state index in [4.69, 9.17) is 0 Å². The second-order valence-corrected chi connectivity index (χ2v) is 5.42. The molecule has 0 spiro atoms. The first-order valence-electron chi connectivity index (χ1n) is 7.52. The van der Waals surface area contributed by atoms with Crippen molar-refractivity contribution in [1.82, 2.24) is 9.38 Å². The highest BCUT2D eigenvalue weighted by molar-refractivity contribution is 5.90. The number of hydrogen-bond acceptors (Lipinski definition) is 2. The second-order valence-electron chi connectivity index (χ2n) is 5.42. The zero-order valence-electron chi connectivity index (χ0n) is 12.8. The summed E-state index contributed by atoms with van der Waals surface area (Å²) in [4.78, 5) is 16.3. The van der Waals surface area contributed by atoms with Gasteiger partial charge in [0.1, 0.15) is 5.65 Å². The van der Waals surface area contributed by atoms with Crippen LogP contribution < -0.4 is 5.32 Å². The highest BCUT2D eigenvalue weighted by Crippen LogP contribution is 2.22. The number of aromatic nitrogens is 2. The van der Waals surface area contributed by atoms with E-state index in [-0.39, 0.29) is 5.91 Å². The van der Waals surface area contributed by atoms with Crippen LogP contribution >= 0.6 is 0 Å². The Hall–Kier alpha value is -2.62. The lowest BCUT2D eigenvalue weighted by molar-refractivity contribution is -0.116. The maximum absolute atomic E-state index is 11.6. The number of nitrogens with one attached hydrogen (secondary N) is 1. The van der Waals surface area contributed by atoms with Crippen LogP contribution in [0.1, 0.15) is 25.3 Å². The zero-order valence-corrected chi connectivity index (χ0v) is 12.8. The Kier molecular flexibility index (Phi) is 3.92. The fraction of sp³-hybridized carbons (Fsp3) is 0.222. The summed E-state index contributed by atoms with van der Waals surface area (Å²) in [6.07, 6.45) is 5.42. The van der Waals surface area contributed by atoms with E-state index in [0.717, 1.165) is 34.6 Å². The van der Waals surface area contributed by atoms with Gasteiger partial charge in [0.2, 0.25) is 5.91 Å². The van der Waals surface area contributed by atoms with E-state index in [9.17, 15) is 4.79 Å². The van der Waals surface area contributed by atoms with Crippen LogP contribution in [0.4, 0.5) is 5.69 Å². The van der Waals surface area contributed by atoms with E-state index in [1.165, 1.54) is 0 Å². The molecule has 1 aromatic carbocycles. The largest absolute Gasteiger partial charge is 0.326 e. The summed E-state index contributed by atoms with van der Waals surface area (Å²) < 4.78 is 2.03. The van der Waals surface area contributed by atoms with Crippen molar-refractivity contribution in [3.63, 3.8) is 0 Å². The number of aryl methyl sites for hydroxylation is 1. The van der Waals surface area contributed by atoms with Crippen LogP contribution in [0, 0.1) is 6.92 Å². The third-order valence-electron chi connectivity index (χ3n) is 3.62. The van der Waals surface area contributed by atoms with Gasteiger partial charge in [-0.05, 0) is 37.1 Å². The Balaban J connectivity index is 1.85. The lowest BCUT2D eigenvalue weighted by atomic mass is 10.1. The number of benzene rings is 1. The smallest absolute Gasteiger partial charge is 0.224 e. The molecular weight excluding hydrogens is 274 g/mol. The minimum Gasteiger partial charge on any atom is -0.326 e. The van der Waals surface area contributed by atoms with Gasteiger partial charge in [-0.3, -0.25) is 4.79 Å². The summed E-state index contributed by atoms with van der Waals surface area (Å²) >= 11 is 0. The van der Waals surface area contributed by atoms with E-state index < -0.39 is 0 Å². The summed E-state index contributed by atoms with van der Waals surface area (Å²) in [5.74, 6) is 0.0543. The molecule has 4 heteroatoms. The molecule has 0 radical (unpaired) electrons. The maximum atomic E-state index is 11.6. The van der Waals surface area contributed by atoms with Crippen LogP contribution in [-0.2, 0) is 4.79 Å². The molecule has 0 unspecified atom stereocenters. The van der Waals surface area contributed by atoms with Crippen molar-refractivity contribution in [1.29, 1.82) is 0 Å². The summed E-state index contributed by atoms with van der Waals surface area (Å²) in [5.41, 5.74) is 4.91. The first-order valence-corrected chi connectivity index (χ1v) is 7.52. The molecule has 1 N–H and O–H groups in total. The molecule has 22 heavy (non-hydrogen) atoms. The highest BCUT2D eigenvalue weighted by atomic mass is 16.1. The average molecular weight is 293 g/mol. The second kappa shape index (κ2) is 6.02. The van der Waals surface area contributed by atoms with Crippen LogP contribution in [-0.4, -0.2) is 15.3 Å². The van der Waals surface area contributed by atoms with Gasteiger partial charge in [0, 0.05) is 30.1 Å². The van der Waals surface area contributed by atoms with E-state index in [2.05, 4.69) is 23.3 Å². The van der Waals surface area contributed by atoms with Crippen LogP contribution in [0.25, 0.3) is 16.9 Å². The molecule has 0 saturated carbocycles. The standard InChI is InChI=1S/C18H19N3O/c1-3-5-17(22)19-15-9-7-14(8-10-15)16-12-21-11-4-6-13(2)18(21)20-16/h4,6-12H,3,5H2,1-2H3,(H,19,22). The van der Waals surface area contributed by atoms with E-state index in [1.54, 1.807) is 0 Å². The van der Waals surface area contributed by atoms with Gasteiger partial charge < -0.3 is 9.72 Å². The predicted octanol–water partition coefficient (Wildman–Crippen LogP) is 4.05. The topological polar surface area (TPSA) is 46.4 Å². The molecule has 0 saturated heterocycles. The van der Waals surface area contributed by atoms with Gasteiger partial charge in [-0.2, -0.15) is 0 Å². The Morgan fingerprint density at radius 3 is 2.68 bits per heavy atom. The number of rotatable bonds is 4. The molecule has 0 aliphatic rings. The van der Waals surface area contributed by atoms with Crippen LogP contribution in [0.15, 0.2) is 48.8 Å². The maximum Gasteiger partial charge on any atom is 0.224 e. The number of carbonyl (C=O) groups is 1. The predicted molar refractivity (Wildman–Crippen MR) is 88.9 cm³/mol. The van der Waals surface area contributed by atoms with Gasteiger partial charge >= 0.3 is 0 Å². The molecule has 2 heterocycles. The minimum atomic E-state index is 0.0543. The highest BCUT2D eigenvalue weighted by Gasteiger charge is 2.06. The van der Waals surface area contributed by atoms with Crippen LogP contribution in [0.2, 0.25) is 0 Å². The lowest BCUT2D eigenvalue weighted by Crippen LogP contribution is -2.10. The Labute approximate surface area is 129 Å². The third-order valence-corrected chi connectivity index (χ3v) is 3.62. The van der Waals surface area contributed by atoms with Gasteiger partial charge in [-0.25, -0.2) is 4.98 Å². The van der Waals surface area contributed by atoms with Crippen LogP contribution in [0.5, 0.6) is 0 Å². The monoisotopic (exact) mass is 293 g/mol. The Morgan fingerprint density at radius 2 is 2.00 bits per heavy atom. The van der Waals surface area contributed by atoms with Crippen molar-refractivity contribution in [3.8, 4) is 11.3 Å². The molecule has 3 rings (SSSR count). The van der Waals surface area contributed by atoms with Crippen molar-refractivity contribution in [2.75, 3.05) is 5.32 Å². The molecule has 4 nitrogen and oxygen atoms in total. The number of hydrogen-bond donors (Lipinski definition) is 1. The van der Waals surface area contributed by atoms with E-state index in [0.29, 0.717) is 6.42 Å². The normalized spacial score (nSPS) is 10.8. The number of anilines is 1. The van der Waals surface area contributed by atoms with Gasteiger partial charge in [0.05, 0.1) is 5.69 Å². The SMILES string of the molecule is CCCC(=O)Nc1ccc(-c2cn3cccc(C)c3n2)cc1. The van der Waals surface area contributed by atoms with Crippen molar-refractivity contribution in [2.24, 2.45) is 0 Å². The number of fused-ring (bicyclic) bond motifs is 1. The fourth-order valence-electron chi connectivity index (χ4n) is 2.47. The number of carbonyl (C=O) groups excluding carboxylic acids is 1. The minimum absolute atomic E-state index is 0.0543. The summed E-state index contributed by atoms with van der Waals surface area (Å²) in [7, 11) is 0. The molecular formula is C18H19N3O. The molecule has 3 aromatic rings. The fourth-order valence-corrected chi connectivity index (χ4v) is 2.47. The quantitative estimate of drug-likeness (QED) is 0.789. The first-order chi connectivity index (χ1) is 10.7. The van der Waals surface area contributed by atoms with Crippen molar-refractivity contribution in [2.45, 2.75) is 26.7 Å². The van der Waals surface area contributed by atoms with Crippen LogP contribution in [0.3, 0.4) is 0 Å². The third kappa shape index (κ3) is 2.86. The van der Waals surface area contributed by atoms with E-state index >= 15 is 0 Å². The summed E-state index contributed by atoms with van der Waals surface area (Å²) in [5, 5.41) is 2.89. The summed E-state index contributed by atoms with van der Waals surface area (Å²) in [6.45, 7) is 4.05. The molecule has 0 aliphatic carbocycles. The van der Waals surface area contributed by atoms with Gasteiger partial charge in [0.25, 0.3) is 0 Å². The molecule has 112 valence electrons.